The number of nitriles is 1. The van der Waals surface area contributed by atoms with Gasteiger partial charge in [-0.3, -0.25) is 0 Å². The zero-order valence-electron chi connectivity index (χ0n) is 20.1. The third-order valence-corrected chi connectivity index (χ3v) is 3.33. The van der Waals surface area contributed by atoms with Crippen LogP contribution in [0.4, 0.5) is 8.78 Å². The number of aldehydes is 1. The van der Waals surface area contributed by atoms with Crippen molar-refractivity contribution in [2.45, 2.75) is 68.9 Å². The standard InChI is InChI=1S/C9H8ClN.C8H8F2O.C4H10.C2H4O.C2H6/c1-6-3-4-9(10)8(5-11)7(6)2;1-6-3-2-4-7(5-6)11-8(9)10;1-4(2)3;1-2-3;1-2/h3-4H,1-2H3;2-5,8H,1H3;4H,1-3H3;2H,1H3;1-2H3. The summed E-state index contributed by atoms with van der Waals surface area (Å²) in [4.78, 5) is 8.81. The summed E-state index contributed by atoms with van der Waals surface area (Å²) in [7, 11) is 0. The van der Waals surface area contributed by atoms with Gasteiger partial charge in [0.2, 0.25) is 0 Å². The zero-order chi connectivity index (χ0) is 25.0. The first kappa shape index (κ1) is 33.2. The number of benzene rings is 2. The smallest absolute Gasteiger partial charge is 0.387 e. The molecule has 0 fully saturated rings. The molecule has 31 heavy (non-hydrogen) atoms. The first-order valence-electron chi connectivity index (χ1n) is 10.1. The van der Waals surface area contributed by atoms with Crippen molar-refractivity contribution in [2.24, 2.45) is 5.92 Å². The van der Waals surface area contributed by atoms with E-state index in [0.29, 0.717) is 10.6 Å². The molecule has 0 saturated carbocycles. The molecule has 0 bridgehead atoms. The van der Waals surface area contributed by atoms with Gasteiger partial charge in [0.25, 0.3) is 0 Å². The second-order valence-corrected chi connectivity index (χ2v) is 7.05. The highest BCUT2D eigenvalue weighted by atomic mass is 35.5. The Balaban J connectivity index is -0.000000369. The molecule has 0 heterocycles. The topological polar surface area (TPSA) is 50.1 Å². The van der Waals surface area contributed by atoms with E-state index in [4.69, 9.17) is 21.7 Å². The van der Waals surface area contributed by atoms with E-state index >= 15 is 0 Å². The van der Waals surface area contributed by atoms with Crippen molar-refractivity contribution in [1.29, 1.82) is 5.26 Å². The van der Waals surface area contributed by atoms with Crippen LogP contribution in [0, 0.1) is 38.0 Å². The number of alkyl halides is 2. The third-order valence-electron chi connectivity index (χ3n) is 3.01. The Hall–Kier alpha value is -2.45. The van der Waals surface area contributed by atoms with Gasteiger partial charge in [-0.2, -0.15) is 14.0 Å². The molecule has 0 atom stereocenters. The van der Waals surface area contributed by atoms with Gasteiger partial charge in [0.15, 0.2) is 0 Å². The van der Waals surface area contributed by atoms with Crippen molar-refractivity contribution in [3.8, 4) is 11.8 Å². The number of carbonyl (C=O) groups excluding carboxylic acids is 1. The van der Waals surface area contributed by atoms with Gasteiger partial charge in [-0.1, -0.05) is 64.4 Å². The second kappa shape index (κ2) is 20.8. The summed E-state index contributed by atoms with van der Waals surface area (Å²) in [5.74, 6) is 1.04. The molecule has 2 aromatic rings. The van der Waals surface area contributed by atoms with E-state index < -0.39 is 6.61 Å². The number of hydrogen-bond donors (Lipinski definition) is 0. The summed E-state index contributed by atoms with van der Waals surface area (Å²) in [5.41, 5.74) is 3.57. The van der Waals surface area contributed by atoms with Crippen molar-refractivity contribution >= 4 is 17.9 Å². The van der Waals surface area contributed by atoms with Crippen molar-refractivity contribution < 1.29 is 18.3 Å². The van der Waals surface area contributed by atoms with E-state index in [1.165, 1.54) is 13.0 Å². The van der Waals surface area contributed by atoms with Crippen LogP contribution in [0.5, 0.6) is 5.75 Å². The van der Waals surface area contributed by atoms with Crippen molar-refractivity contribution in [2.75, 3.05) is 0 Å². The average molecular weight is 456 g/mol. The van der Waals surface area contributed by atoms with Crippen LogP contribution in [0.15, 0.2) is 36.4 Å². The van der Waals surface area contributed by atoms with Crippen LogP contribution in [0.25, 0.3) is 0 Å². The van der Waals surface area contributed by atoms with Gasteiger partial charge in [0, 0.05) is 0 Å². The van der Waals surface area contributed by atoms with Crippen LogP contribution in [0.1, 0.15) is 63.8 Å². The van der Waals surface area contributed by atoms with Gasteiger partial charge in [-0.15, -0.1) is 0 Å². The Bertz CT molecular complexity index is 770. The van der Waals surface area contributed by atoms with E-state index in [0.717, 1.165) is 28.9 Å². The highest BCUT2D eigenvalue weighted by Gasteiger charge is 2.04. The summed E-state index contributed by atoms with van der Waals surface area (Å²) in [6, 6.07) is 12.3. The second-order valence-electron chi connectivity index (χ2n) is 6.64. The maximum absolute atomic E-state index is 11.6. The molecule has 0 radical (unpaired) electrons. The quantitative estimate of drug-likeness (QED) is 0.427. The largest absolute Gasteiger partial charge is 0.435 e. The molecule has 0 amide bonds. The SMILES string of the molecule is CC.CC(C)C.CC=O.Cc1ccc(Cl)c(C#N)c1C.Cc1cccc(OC(F)F)c1. The molecule has 2 rings (SSSR count). The maximum atomic E-state index is 11.6. The fraction of sp³-hybridized carbons (Fsp3) is 0.440. The molecular formula is C25H36ClF2NO2. The molecule has 0 aliphatic heterocycles. The highest BCUT2D eigenvalue weighted by molar-refractivity contribution is 6.31. The first-order valence-corrected chi connectivity index (χ1v) is 10.4. The molecule has 0 aromatic heterocycles. The van der Waals surface area contributed by atoms with Gasteiger partial charge in [0.05, 0.1) is 10.6 Å². The molecule has 0 spiro atoms. The van der Waals surface area contributed by atoms with Crippen LogP contribution in [0.2, 0.25) is 5.02 Å². The van der Waals surface area contributed by atoms with Gasteiger partial charge >= 0.3 is 6.61 Å². The van der Waals surface area contributed by atoms with E-state index in [1.807, 2.05) is 46.8 Å². The minimum Gasteiger partial charge on any atom is -0.435 e. The van der Waals surface area contributed by atoms with Crippen molar-refractivity contribution in [3.05, 3.63) is 63.7 Å². The van der Waals surface area contributed by atoms with E-state index in [2.05, 4.69) is 31.6 Å². The summed E-state index contributed by atoms with van der Waals surface area (Å²) in [6.45, 7) is 14.9. The number of hydrogen-bond acceptors (Lipinski definition) is 3. The zero-order valence-corrected chi connectivity index (χ0v) is 20.8. The minimum atomic E-state index is -2.74. The molecule has 0 unspecified atom stereocenters. The Morgan fingerprint density at radius 2 is 1.55 bits per heavy atom. The predicted molar refractivity (Wildman–Crippen MR) is 127 cm³/mol. The summed E-state index contributed by atoms with van der Waals surface area (Å²) in [5, 5.41) is 9.23. The number of halogens is 3. The normalized spacial score (nSPS) is 8.68. The molecule has 0 N–H and O–H groups in total. The molecular weight excluding hydrogens is 420 g/mol. The van der Waals surface area contributed by atoms with Gasteiger partial charge in [-0.25, -0.2) is 0 Å². The fourth-order valence-electron chi connectivity index (χ4n) is 1.71. The van der Waals surface area contributed by atoms with Crippen molar-refractivity contribution in [3.63, 3.8) is 0 Å². The lowest BCUT2D eigenvalue weighted by molar-refractivity contribution is -0.106. The molecule has 2 aromatic carbocycles. The van der Waals surface area contributed by atoms with Gasteiger partial charge in [0.1, 0.15) is 18.1 Å². The molecule has 174 valence electrons. The van der Waals surface area contributed by atoms with E-state index in [9.17, 15) is 8.78 Å². The number of nitrogens with zero attached hydrogens (tertiary/aromatic N) is 1. The van der Waals surface area contributed by atoms with E-state index in [1.54, 1.807) is 18.2 Å². The number of ether oxygens (including phenoxy) is 1. The average Bonchev–Trinajstić information content (AvgIpc) is 2.67. The maximum Gasteiger partial charge on any atom is 0.387 e. The van der Waals surface area contributed by atoms with Gasteiger partial charge < -0.3 is 9.53 Å². The number of carbonyl (C=O) groups is 1. The van der Waals surface area contributed by atoms with Crippen LogP contribution in [-0.4, -0.2) is 12.9 Å². The third kappa shape index (κ3) is 19.3. The Kier molecular flexibility index (Phi) is 22.3. The Morgan fingerprint density at radius 3 is 1.90 bits per heavy atom. The van der Waals surface area contributed by atoms with Crippen LogP contribution in [0.3, 0.4) is 0 Å². The Labute approximate surface area is 192 Å². The lowest BCUT2D eigenvalue weighted by Gasteiger charge is -2.03. The molecule has 0 aliphatic rings. The first-order chi connectivity index (χ1) is 14.5. The number of aryl methyl sites for hydroxylation is 2. The monoisotopic (exact) mass is 455 g/mol. The Morgan fingerprint density at radius 1 is 1.06 bits per heavy atom. The van der Waals surface area contributed by atoms with Crippen molar-refractivity contribution in [1.82, 2.24) is 0 Å². The molecule has 6 heteroatoms. The molecule has 0 aliphatic carbocycles. The van der Waals surface area contributed by atoms with Crippen LogP contribution >= 0.6 is 11.6 Å². The van der Waals surface area contributed by atoms with Gasteiger partial charge in [-0.05, 0) is 68.5 Å². The lowest BCUT2D eigenvalue weighted by atomic mass is 10.0. The number of rotatable bonds is 2. The minimum absolute atomic E-state index is 0.208. The van der Waals surface area contributed by atoms with Crippen LogP contribution < -0.4 is 4.74 Å². The predicted octanol–water partition coefficient (Wildman–Crippen LogP) is 8.32. The van der Waals surface area contributed by atoms with E-state index in [-0.39, 0.29) is 5.75 Å². The fourth-order valence-corrected chi connectivity index (χ4v) is 1.96. The summed E-state index contributed by atoms with van der Waals surface area (Å²) >= 11 is 5.78. The highest BCUT2D eigenvalue weighted by Crippen LogP contribution is 2.21. The lowest BCUT2D eigenvalue weighted by Crippen LogP contribution is -2.01. The summed E-state index contributed by atoms with van der Waals surface area (Å²) in [6.07, 6.45) is 0.750. The molecule has 3 nitrogen and oxygen atoms in total. The molecule has 0 saturated heterocycles. The summed E-state index contributed by atoms with van der Waals surface area (Å²) < 4.78 is 27.4. The van der Waals surface area contributed by atoms with Crippen LogP contribution in [-0.2, 0) is 4.79 Å².